The van der Waals surface area contributed by atoms with E-state index >= 15 is 0 Å². The van der Waals surface area contributed by atoms with Gasteiger partial charge in [-0.25, -0.2) is 5.43 Å². The second-order valence-corrected chi connectivity index (χ2v) is 5.38. The third-order valence-corrected chi connectivity index (χ3v) is 3.78. The number of carbonyl (C=O) groups excluding carboxylic acids is 1. The Morgan fingerprint density at radius 2 is 1.73 bits per heavy atom. The van der Waals surface area contributed by atoms with Crippen molar-refractivity contribution in [2.45, 2.75) is 12.3 Å². The van der Waals surface area contributed by atoms with Crippen LogP contribution in [-0.2, 0) is 4.79 Å². The summed E-state index contributed by atoms with van der Waals surface area (Å²) < 4.78 is 0. The zero-order valence-electron chi connectivity index (χ0n) is 12.2. The Balaban J connectivity index is 1.46. The van der Waals surface area contributed by atoms with E-state index in [9.17, 15) is 4.79 Å². The first-order valence-corrected chi connectivity index (χ1v) is 7.44. The average molecular weight is 290 g/mol. The highest BCUT2D eigenvalue weighted by molar-refractivity contribution is 5.85. The van der Waals surface area contributed by atoms with Crippen LogP contribution < -0.4 is 5.43 Å². The van der Waals surface area contributed by atoms with Crippen molar-refractivity contribution in [1.29, 1.82) is 0 Å². The predicted octanol–water partition coefficient (Wildman–Crippen LogP) is 3.61. The summed E-state index contributed by atoms with van der Waals surface area (Å²) in [6.07, 6.45) is 6.27. The predicted molar refractivity (Wildman–Crippen MR) is 89.4 cm³/mol. The summed E-state index contributed by atoms with van der Waals surface area (Å²) >= 11 is 0. The summed E-state index contributed by atoms with van der Waals surface area (Å²) in [5, 5.41) is 3.96. The molecule has 1 fully saturated rings. The van der Waals surface area contributed by atoms with Crippen LogP contribution in [0.5, 0.6) is 0 Å². The maximum atomic E-state index is 12.0. The van der Waals surface area contributed by atoms with E-state index in [-0.39, 0.29) is 11.8 Å². The summed E-state index contributed by atoms with van der Waals surface area (Å²) in [7, 11) is 0. The quantitative estimate of drug-likeness (QED) is 0.663. The van der Waals surface area contributed by atoms with Crippen molar-refractivity contribution in [3.63, 3.8) is 0 Å². The zero-order valence-corrected chi connectivity index (χ0v) is 12.2. The summed E-state index contributed by atoms with van der Waals surface area (Å²) in [5.41, 5.74) is 4.95. The van der Waals surface area contributed by atoms with Gasteiger partial charge >= 0.3 is 0 Å². The van der Waals surface area contributed by atoms with Gasteiger partial charge in [0.25, 0.3) is 0 Å². The minimum atomic E-state index is -0.00165. The molecule has 0 bridgehead atoms. The molecule has 3 heteroatoms. The van der Waals surface area contributed by atoms with Crippen LogP contribution in [0.1, 0.15) is 23.5 Å². The van der Waals surface area contributed by atoms with Crippen LogP contribution >= 0.6 is 0 Å². The number of benzene rings is 2. The van der Waals surface area contributed by atoms with E-state index in [1.54, 1.807) is 6.21 Å². The number of allylic oxidation sites excluding steroid dienone is 1. The van der Waals surface area contributed by atoms with Gasteiger partial charge in [-0.05, 0) is 29.5 Å². The smallest absolute Gasteiger partial charge is 0.243 e. The van der Waals surface area contributed by atoms with Gasteiger partial charge in [0.1, 0.15) is 0 Å². The first-order chi connectivity index (χ1) is 10.8. The van der Waals surface area contributed by atoms with E-state index < -0.39 is 0 Å². The lowest BCUT2D eigenvalue weighted by Gasteiger charge is -1.99. The number of nitrogens with one attached hydrogen (secondary N) is 1. The molecule has 1 aliphatic carbocycles. The number of nitrogens with zero attached hydrogens (tertiary/aromatic N) is 1. The van der Waals surface area contributed by atoms with Gasteiger partial charge in [-0.2, -0.15) is 5.10 Å². The molecule has 22 heavy (non-hydrogen) atoms. The summed E-state index contributed by atoms with van der Waals surface area (Å²) in [4.78, 5) is 12.0. The van der Waals surface area contributed by atoms with E-state index in [0.717, 1.165) is 12.0 Å². The molecule has 110 valence electrons. The SMILES string of the molecule is O=C(N/N=C\C=C\c1ccccc1)[C@H]1C[C@H]1c1ccccc1. The van der Waals surface area contributed by atoms with Gasteiger partial charge in [-0.1, -0.05) is 66.7 Å². The minimum Gasteiger partial charge on any atom is -0.273 e. The topological polar surface area (TPSA) is 41.5 Å². The Labute approximate surface area is 130 Å². The lowest BCUT2D eigenvalue weighted by Crippen LogP contribution is -2.19. The van der Waals surface area contributed by atoms with Crippen LogP contribution in [0, 0.1) is 5.92 Å². The first-order valence-electron chi connectivity index (χ1n) is 7.44. The number of hydrazone groups is 1. The van der Waals surface area contributed by atoms with Crippen LogP contribution in [0.2, 0.25) is 0 Å². The molecule has 1 saturated carbocycles. The molecule has 0 saturated heterocycles. The van der Waals surface area contributed by atoms with E-state index in [0.29, 0.717) is 5.92 Å². The molecule has 2 aromatic carbocycles. The van der Waals surface area contributed by atoms with Gasteiger partial charge in [-0.15, -0.1) is 0 Å². The minimum absolute atomic E-state index is 0.00165. The zero-order chi connectivity index (χ0) is 15.2. The fourth-order valence-electron chi connectivity index (χ4n) is 2.50. The molecule has 3 rings (SSSR count). The Morgan fingerprint density at radius 1 is 1.05 bits per heavy atom. The van der Waals surface area contributed by atoms with Gasteiger partial charge in [0.2, 0.25) is 5.91 Å². The number of carbonyl (C=O) groups is 1. The van der Waals surface area contributed by atoms with Crippen LogP contribution in [0.4, 0.5) is 0 Å². The van der Waals surface area contributed by atoms with Crippen molar-refractivity contribution in [2.75, 3.05) is 0 Å². The van der Waals surface area contributed by atoms with Crippen LogP contribution in [-0.4, -0.2) is 12.1 Å². The van der Waals surface area contributed by atoms with Crippen LogP contribution in [0.25, 0.3) is 6.08 Å². The number of amides is 1. The second kappa shape index (κ2) is 6.85. The van der Waals surface area contributed by atoms with Crippen LogP contribution in [0.15, 0.2) is 71.8 Å². The molecular weight excluding hydrogens is 272 g/mol. The third kappa shape index (κ3) is 3.70. The van der Waals surface area contributed by atoms with E-state index in [1.807, 2.05) is 60.7 Å². The lowest BCUT2D eigenvalue weighted by molar-refractivity contribution is -0.122. The van der Waals surface area contributed by atoms with E-state index in [1.165, 1.54) is 5.56 Å². The Morgan fingerprint density at radius 3 is 2.45 bits per heavy atom. The average Bonchev–Trinajstić information content (AvgIpc) is 3.37. The third-order valence-electron chi connectivity index (χ3n) is 3.78. The molecule has 2 aromatic rings. The monoisotopic (exact) mass is 290 g/mol. The van der Waals surface area contributed by atoms with Gasteiger partial charge in [0.05, 0.1) is 0 Å². The molecule has 2 atom stereocenters. The van der Waals surface area contributed by atoms with Crippen LogP contribution in [0.3, 0.4) is 0 Å². The lowest BCUT2D eigenvalue weighted by atomic mass is 10.1. The molecule has 0 aliphatic heterocycles. The molecule has 1 aliphatic rings. The molecule has 0 radical (unpaired) electrons. The molecule has 1 amide bonds. The normalized spacial score (nSPS) is 20.4. The molecule has 0 heterocycles. The van der Waals surface area contributed by atoms with Crippen molar-refractivity contribution >= 4 is 18.2 Å². The fraction of sp³-hybridized carbons (Fsp3) is 0.158. The first kappa shape index (κ1) is 14.3. The van der Waals surface area contributed by atoms with Gasteiger partial charge < -0.3 is 0 Å². The molecule has 3 nitrogen and oxygen atoms in total. The summed E-state index contributed by atoms with van der Waals surface area (Å²) in [5.74, 6) is 0.395. The van der Waals surface area contributed by atoms with Gasteiger partial charge in [0.15, 0.2) is 0 Å². The highest BCUT2D eigenvalue weighted by Crippen LogP contribution is 2.47. The highest BCUT2D eigenvalue weighted by atomic mass is 16.2. The summed E-state index contributed by atoms with van der Waals surface area (Å²) in [6, 6.07) is 20.1. The Hall–Kier alpha value is -2.68. The van der Waals surface area contributed by atoms with Crippen molar-refractivity contribution in [2.24, 2.45) is 11.0 Å². The van der Waals surface area contributed by atoms with Crippen molar-refractivity contribution in [3.05, 3.63) is 77.9 Å². The maximum Gasteiger partial charge on any atom is 0.243 e. The molecule has 0 aromatic heterocycles. The standard InChI is InChI=1S/C19H18N2O/c22-19(18-14-17(18)16-11-5-2-6-12-16)21-20-13-7-10-15-8-3-1-4-9-15/h1-13,17-18H,14H2,(H,21,22)/b10-7+,20-13-/t17-,18-/m0/s1. The van der Waals surface area contributed by atoms with Crippen molar-refractivity contribution in [1.82, 2.24) is 5.43 Å². The van der Waals surface area contributed by atoms with Gasteiger partial charge in [-0.3, -0.25) is 4.79 Å². The number of hydrogen-bond acceptors (Lipinski definition) is 2. The number of rotatable bonds is 5. The largest absolute Gasteiger partial charge is 0.273 e. The van der Waals surface area contributed by atoms with Crippen molar-refractivity contribution < 1.29 is 4.79 Å². The van der Waals surface area contributed by atoms with E-state index in [4.69, 9.17) is 0 Å². The fourth-order valence-corrected chi connectivity index (χ4v) is 2.50. The molecule has 1 N–H and O–H groups in total. The summed E-state index contributed by atoms with van der Waals surface area (Å²) in [6.45, 7) is 0. The van der Waals surface area contributed by atoms with Crippen molar-refractivity contribution in [3.8, 4) is 0 Å². The van der Waals surface area contributed by atoms with E-state index in [2.05, 4.69) is 22.7 Å². The Kier molecular flexibility index (Phi) is 4.44. The van der Waals surface area contributed by atoms with Gasteiger partial charge in [0, 0.05) is 12.1 Å². The molecule has 0 spiro atoms. The highest BCUT2D eigenvalue weighted by Gasteiger charge is 2.43. The number of hydrogen-bond donors (Lipinski definition) is 1. The Bertz CT molecular complexity index is 677. The maximum absolute atomic E-state index is 12.0. The second-order valence-electron chi connectivity index (χ2n) is 5.38. The molecule has 0 unspecified atom stereocenters. The molecular formula is C19H18N2O.